The molecule has 0 aromatic carbocycles. The van der Waals surface area contributed by atoms with E-state index < -0.39 is 5.60 Å². The molecule has 3 heterocycles. The summed E-state index contributed by atoms with van der Waals surface area (Å²) in [6, 6.07) is 0. The van der Waals surface area contributed by atoms with E-state index in [0.29, 0.717) is 44.2 Å². The lowest BCUT2D eigenvalue weighted by Gasteiger charge is -2.23. The van der Waals surface area contributed by atoms with Gasteiger partial charge in [-0.3, -0.25) is 9.59 Å². The Morgan fingerprint density at radius 3 is 2.85 bits per heavy atom. The van der Waals surface area contributed by atoms with Crippen LogP contribution in [-0.4, -0.2) is 51.9 Å². The van der Waals surface area contributed by atoms with Crippen molar-refractivity contribution < 1.29 is 14.3 Å². The Bertz CT molecular complexity index is 710. The summed E-state index contributed by atoms with van der Waals surface area (Å²) in [6.07, 6.45) is 4.48. The van der Waals surface area contributed by atoms with Gasteiger partial charge in [0.1, 0.15) is 11.4 Å². The molecule has 0 aliphatic carbocycles. The normalized spacial score (nSPS) is 20.9. The van der Waals surface area contributed by atoms with Crippen LogP contribution in [0.4, 0.5) is 11.8 Å². The Morgan fingerprint density at radius 2 is 2.08 bits per heavy atom. The Balaban J connectivity index is 1.46. The highest BCUT2D eigenvalue weighted by Crippen LogP contribution is 2.41. The van der Waals surface area contributed by atoms with E-state index in [0.717, 1.165) is 31.2 Å². The van der Waals surface area contributed by atoms with Crippen LogP contribution in [0.15, 0.2) is 0 Å². The Labute approximate surface area is 152 Å². The first-order valence-electron chi connectivity index (χ1n) is 9.02. The molecule has 0 radical (unpaired) electrons. The molecule has 9 nitrogen and oxygen atoms in total. The average molecular weight is 362 g/mol. The van der Waals surface area contributed by atoms with Crippen LogP contribution in [0, 0.1) is 0 Å². The fraction of sp³-hybridized carbons (Fsp3) is 0.647. The zero-order valence-electron chi connectivity index (χ0n) is 15.1. The monoisotopic (exact) mass is 362 g/mol. The highest BCUT2D eigenvalue weighted by molar-refractivity contribution is 5.76. The van der Waals surface area contributed by atoms with E-state index in [9.17, 15) is 9.59 Å². The maximum Gasteiger partial charge on any atom is 0.225 e. The number of likely N-dealkylation sites (tertiary alicyclic amines) is 1. The lowest BCUT2D eigenvalue weighted by atomic mass is 9.97. The second-order valence-corrected chi connectivity index (χ2v) is 7.07. The summed E-state index contributed by atoms with van der Waals surface area (Å²) in [5.74, 6) is 1.02. The van der Waals surface area contributed by atoms with Crippen molar-refractivity contribution >= 4 is 23.6 Å². The molecular weight excluding hydrogens is 336 g/mol. The largest absolute Gasteiger partial charge is 0.468 e. The van der Waals surface area contributed by atoms with Crippen LogP contribution in [0.5, 0.6) is 5.88 Å². The van der Waals surface area contributed by atoms with Crippen LogP contribution in [0.1, 0.15) is 44.6 Å². The van der Waals surface area contributed by atoms with Crippen LogP contribution >= 0.6 is 0 Å². The fourth-order valence-electron chi connectivity index (χ4n) is 3.60. The number of carbonyl (C=O) groups is 2. The quantitative estimate of drug-likeness (QED) is 0.617. The van der Waals surface area contributed by atoms with Gasteiger partial charge < -0.3 is 26.4 Å². The maximum absolute atomic E-state index is 12.4. The number of amides is 2. The summed E-state index contributed by atoms with van der Waals surface area (Å²) < 4.78 is 6.03. The molecule has 2 aliphatic rings. The van der Waals surface area contributed by atoms with Gasteiger partial charge in [0, 0.05) is 39.3 Å². The first-order chi connectivity index (χ1) is 12.4. The van der Waals surface area contributed by atoms with E-state index in [2.05, 4.69) is 15.3 Å². The Hall–Kier alpha value is -2.58. The molecule has 1 atom stereocenters. The number of nitrogen functional groups attached to an aromatic ring is 2. The zero-order valence-corrected chi connectivity index (χ0v) is 15.1. The number of hydrogen-bond acceptors (Lipinski definition) is 7. The van der Waals surface area contributed by atoms with Gasteiger partial charge in [-0.1, -0.05) is 6.42 Å². The number of ether oxygens (including phenoxy) is 1. The summed E-state index contributed by atoms with van der Waals surface area (Å²) in [7, 11) is 0. The third-order valence-electron chi connectivity index (χ3n) is 4.94. The summed E-state index contributed by atoms with van der Waals surface area (Å²) in [6.45, 7) is 3.37. The fourth-order valence-corrected chi connectivity index (χ4v) is 3.60. The van der Waals surface area contributed by atoms with Crippen molar-refractivity contribution in [1.29, 1.82) is 0 Å². The molecular formula is C17H26N6O3. The van der Waals surface area contributed by atoms with Gasteiger partial charge in [-0.05, 0) is 12.8 Å². The van der Waals surface area contributed by atoms with Gasteiger partial charge in [-0.25, -0.2) is 0 Å². The van der Waals surface area contributed by atoms with Crippen molar-refractivity contribution in [3.63, 3.8) is 0 Å². The average Bonchev–Trinajstić information content (AvgIpc) is 3.14. The van der Waals surface area contributed by atoms with Crippen LogP contribution in [0.25, 0.3) is 0 Å². The molecule has 5 N–H and O–H groups in total. The van der Waals surface area contributed by atoms with Crippen molar-refractivity contribution in [2.24, 2.45) is 0 Å². The molecule has 0 bridgehead atoms. The molecule has 1 fully saturated rings. The Kier molecular flexibility index (Phi) is 5.15. The molecule has 2 aliphatic heterocycles. The molecule has 26 heavy (non-hydrogen) atoms. The highest BCUT2D eigenvalue weighted by Gasteiger charge is 2.47. The van der Waals surface area contributed by atoms with E-state index in [4.69, 9.17) is 16.2 Å². The van der Waals surface area contributed by atoms with Gasteiger partial charge in [0.25, 0.3) is 0 Å². The lowest BCUT2D eigenvalue weighted by molar-refractivity contribution is -0.131. The first kappa shape index (κ1) is 18.2. The molecule has 3 rings (SSSR count). The standard InChI is InChI=1S/C17H26N6O3/c1-11(24)20-7-4-2-3-5-13(25)23-8-6-17(10-23)9-12-14(18)21-16(19)22-15(12)26-17/h2-10H2,1H3,(H,20,24)(H4,18,19,21,22). The van der Waals surface area contributed by atoms with Crippen molar-refractivity contribution in [2.45, 2.75) is 51.0 Å². The second-order valence-electron chi connectivity index (χ2n) is 7.07. The number of aromatic nitrogens is 2. The third-order valence-corrected chi connectivity index (χ3v) is 4.94. The van der Waals surface area contributed by atoms with E-state index in [-0.39, 0.29) is 17.8 Å². The van der Waals surface area contributed by atoms with Crippen molar-refractivity contribution in [2.75, 3.05) is 31.1 Å². The van der Waals surface area contributed by atoms with Gasteiger partial charge in [0.2, 0.25) is 23.6 Å². The molecule has 1 aromatic heterocycles. The number of nitrogens with zero attached hydrogens (tertiary/aromatic N) is 3. The number of anilines is 2. The topological polar surface area (TPSA) is 136 Å². The van der Waals surface area contributed by atoms with Crippen LogP contribution in [-0.2, 0) is 16.0 Å². The number of carbonyl (C=O) groups excluding carboxylic acids is 2. The van der Waals surface area contributed by atoms with E-state index in [1.807, 2.05) is 4.90 Å². The first-order valence-corrected chi connectivity index (χ1v) is 9.02. The molecule has 9 heteroatoms. The van der Waals surface area contributed by atoms with E-state index in [1.54, 1.807) is 0 Å². The van der Waals surface area contributed by atoms with E-state index >= 15 is 0 Å². The highest BCUT2D eigenvalue weighted by atomic mass is 16.5. The van der Waals surface area contributed by atoms with Gasteiger partial charge in [-0.2, -0.15) is 9.97 Å². The minimum absolute atomic E-state index is 0.0203. The Morgan fingerprint density at radius 1 is 1.27 bits per heavy atom. The van der Waals surface area contributed by atoms with E-state index in [1.165, 1.54) is 6.92 Å². The minimum Gasteiger partial charge on any atom is -0.468 e. The number of hydrogen-bond donors (Lipinski definition) is 3. The third kappa shape index (κ3) is 3.97. The van der Waals surface area contributed by atoms with Crippen LogP contribution in [0.2, 0.25) is 0 Å². The molecule has 1 aromatic rings. The summed E-state index contributed by atoms with van der Waals surface area (Å²) in [5, 5.41) is 2.76. The molecule has 1 spiro atoms. The van der Waals surface area contributed by atoms with Crippen molar-refractivity contribution in [3.05, 3.63) is 5.56 Å². The van der Waals surface area contributed by atoms with Crippen LogP contribution in [0.3, 0.4) is 0 Å². The summed E-state index contributed by atoms with van der Waals surface area (Å²) in [4.78, 5) is 33.2. The molecule has 1 saturated heterocycles. The van der Waals surface area contributed by atoms with Gasteiger partial charge >= 0.3 is 0 Å². The smallest absolute Gasteiger partial charge is 0.225 e. The molecule has 1 unspecified atom stereocenters. The van der Waals surface area contributed by atoms with Gasteiger partial charge in [0.05, 0.1) is 12.1 Å². The van der Waals surface area contributed by atoms with Gasteiger partial charge in [-0.15, -0.1) is 0 Å². The molecule has 0 saturated carbocycles. The SMILES string of the molecule is CC(=O)NCCCCCC(=O)N1CCC2(Cc3c(N)nc(N)nc3O2)C1. The number of nitrogens with two attached hydrogens (primary N) is 2. The number of unbranched alkanes of at least 4 members (excludes halogenated alkanes) is 2. The predicted octanol–water partition coefficient (Wildman–Crippen LogP) is 0.244. The van der Waals surface area contributed by atoms with Gasteiger partial charge in [0.15, 0.2) is 0 Å². The number of fused-ring (bicyclic) bond motifs is 1. The molecule has 2 amide bonds. The number of rotatable bonds is 6. The van der Waals surface area contributed by atoms with Crippen molar-refractivity contribution in [3.8, 4) is 5.88 Å². The van der Waals surface area contributed by atoms with Crippen LogP contribution < -0.4 is 21.5 Å². The van der Waals surface area contributed by atoms with Crippen molar-refractivity contribution in [1.82, 2.24) is 20.2 Å². The summed E-state index contributed by atoms with van der Waals surface area (Å²) >= 11 is 0. The number of nitrogens with one attached hydrogen (secondary N) is 1. The minimum atomic E-state index is -0.458. The summed E-state index contributed by atoms with van der Waals surface area (Å²) in [5.41, 5.74) is 11.9. The molecule has 142 valence electrons. The predicted molar refractivity (Wildman–Crippen MR) is 96.3 cm³/mol. The maximum atomic E-state index is 12.4. The lowest BCUT2D eigenvalue weighted by Crippen LogP contribution is -2.39. The zero-order chi connectivity index (χ0) is 18.7. The second kappa shape index (κ2) is 7.35.